The Morgan fingerprint density at radius 2 is 1.92 bits per heavy atom. The molecule has 1 aliphatic rings. The molecular weight excluding hydrogens is 333 g/mol. The highest BCUT2D eigenvalue weighted by molar-refractivity contribution is 7.80. The third kappa shape index (κ3) is 6.71. The topological polar surface area (TPSA) is 21.3 Å². The van der Waals surface area contributed by atoms with Crippen molar-refractivity contribution in [1.82, 2.24) is 5.32 Å². The van der Waals surface area contributed by atoms with E-state index in [4.69, 9.17) is 4.74 Å². The molecule has 136 valence electrons. The van der Waals surface area contributed by atoms with Gasteiger partial charge >= 0.3 is 0 Å². The number of ether oxygens (including phenoxy) is 1. The fourth-order valence-corrected chi connectivity index (χ4v) is 3.21. The molecule has 2 aromatic rings. The van der Waals surface area contributed by atoms with Gasteiger partial charge in [-0.2, -0.15) is 0 Å². The predicted molar refractivity (Wildman–Crippen MR) is 105 cm³/mol. The summed E-state index contributed by atoms with van der Waals surface area (Å²) < 4.78 is 18.0. The summed E-state index contributed by atoms with van der Waals surface area (Å²) in [4.78, 5) is 0.954. The molecule has 0 amide bonds. The molecule has 2 unspecified atom stereocenters. The summed E-state index contributed by atoms with van der Waals surface area (Å²) in [5.74, 6) is 0.740. The minimum absolute atomic E-state index is 0.128. The van der Waals surface area contributed by atoms with Crippen molar-refractivity contribution >= 4 is 12.6 Å². The van der Waals surface area contributed by atoms with Crippen molar-refractivity contribution in [1.29, 1.82) is 0 Å². The lowest BCUT2D eigenvalue weighted by Gasteiger charge is -2.14. The van der Waals surface area contributed by atoms with Gasteiger partial charge in [-0.3, -0.25) is 0 Å². The van der Waals surface area contributed by atoms with Crippen molar-refractivity contribution < 1.29 is 9.13 Å². The number of rotatable bonds is 5. The van der Waals surface area contributed by atoms with E-state index in [-0.39, 0.29) is 5.82 Å². The van der Waals surface area contributed by atoms with E-state index in [0.29, 0.717) is 12.1 Å². The number of hydrogen-bond donors (Lipinski definition) is 2. The summed E-state index contributed by atoms with van der Waals surface area (Å²) in [5, 5.41) is 3.60. The SMILES string of the molecule is CCCCC1CCC(c2cccc(F)c2)N1.COc1ccc(S)cc1. The first-order valence-corrected chi connectivity index (χ1v) is 9.41. The van der Waals surface area contributed by atoms with Gasteiger partial charge in [-0.15, -0.1) is 12.6 Å². The molecule has 1 aliphatic heterocycles. The molecule has 25 heavy (non-hydrogen) atoms. The third-order valence-corrected chi connectivity index (χ3v) is 4.77. The first-order chi connectivity index (χ1) is 12.1. The van der Waals surface area contributed by atoms with Crippen LogP contribution in [0.15, 0.2) is 53.4 Å². The molecule has 0 radical (unpaired) electrons. The molecule has 2 atom stereocenters. The molecule has 3 rings (SSSR count). The van der Waals surface area contributed by atoms with Crippen LogP contribution in [0.25, 0.3) is 0 Å². The zero-order valence-corrected chi connectivity index (χ0v) is 15.9. The number of unbranched alkanes of at least 4 members (excludes halogenated alkanes) is 1. The fraction of sp³-hybridized carbons (Fsp3) is 0.429. The molecule has 0 spiro atoms. The Kier molecular flexibility index (Phi) is 8.29. The second kappa shape index (κ2) is 10.5. The Morgan fingerprint density at radius 3 is 2.56 bits per heavy atom. The van der Waals surface area contributed by atoms with Gasteiger partial charge in [0, 0.05) is 17.0 Å². The second-order valence-corrected chi connectivity index (χ2v) is 6.91. The summed E-state index contributed by atoms with van der Waals surface area (Å²) in [6.45, 7) is 2.22. The minimum Gasteiger partial charge on any atom is -0.497 e. The van der Waals surface area contributed by atoms with Crippen molar-refractivity contribution in [2.24, 2.45) is 0 Å². The van der Waals surface area contributed by atoms with E-state index in [1.165, 1.54) is 31.7 Å². The van der Waals surface area contributed by atoms with Gasteiger partial charge in [0.25, 0.3) is 0 Å². The van der Waals surface area contributed by atoms with Gasteiger partial charge < -0.3 is 10.1 Å². The van der Waals surface area contributed by atoms with Gasteiger partial charge in [-0.25, -0.2) is 4.39 Å². The Bertz CT molecular complexity index is 632. The number of benzene rings is 2. The number of halogens is 1. The molecule has 2 nitrogen and oxygen atoms in total. The highest BCUT2D eigenvalue weighted by Crippen LogP contribution is 2.28. The molecule has 1 heterocycles. The van der Waals surface area contributed by atoms with Gasteiger partial charge in [0.1, 0.15) is 11.6 Å². The average molecular weight is 362 g/mol. The summed E-state index contributed by atoms with van der Waals surface area (Å²) in [6, 6.07) is 15.5. The molecule has 0 saturated carbocycles. The fourth-order valence-electron chi connectivity index (χ4n) is 3.07. The average Bonchev–Trinajstić information content (AvgIpc) is 3.10. The maximum absolute atomic E-state index is 13.1. The second-order valence-electron chi connectivity index (χ2n) is 6.39. The van der Waals surface area contributed by atoms with Crippen LogP contribution in [0, 0.1) is 5.82 Å². The van der Waals surface area contributed by atoms with Gasteiger partial charge in [0.15, 0.2) is 0 Å². The molecule has 0 aliphatic carbocycles. The summed E-state index contributed by atoms with van der Waals surface area (Å²) in [7, 11) is 1.65. The standard InChI is InChI=1S/C14H20FN.C7H8OS/c1-2-3-7-13-8-9-14(16-13)11-5-4-6-12(15)10-11;1-8-6-2-4-7(9)5-3-6/h4-6,10,13-14,16H,2-3,7-9H2,1H3;2-5,9H,1H3. The highest BCUT2D eigenvalue weighted by atomic mass is 32.1. The van der Waals surface area contributed by atoms with E-state index in [9.17, 15) is 4.39 Å². The molecule has 0 aromatic heterocycles. The van der Waals surface area contributed by atoms with Crippen molar-refractivity contribution in [2.45, 2.75) is 56.0 Å². The molecule has 4 heteroatoms. The third-order valence-electron chi connectivity index (χ3n) is 4.47. The first-order valence-electron chi connectivity index (χ1n) is 8.97. The van der Waals surface area contributed by atoms with Crippen LogP contribution in [0.2, 0.25) is 0 Å². The van der Waals surface area contributed by atoms with Crippen molar-refractivity contribution in [3.8, 4) is 5.75 Å². The zero-order chi connectivity index (χ0) is 18.1. The van der Waals surface area contributed by atoms with Crippen LogP contribution in [0.5, 0.6) is 5.75 Å². The molecule has 0 bridgehead atoms. The van der Waals surface area contributed by atoms with Crippen LogP contribution in [0.4, 0.5) is 4.39 Å². The van der Waals surface area contributed by atoms with Crippen LogP contribution < -0.4 is 10.1 Å². The minimum atomic E-state index is -0.128. The Balaban J connectivity index is 0.000000212. The normalized spacial score (nSPS) is 19.2. The number of methoxy groups -OCH3 is 1. The van der Waals surface area contributed by atoms with Gasteiger partial charge in [-0.05, 0) is 61.2 Å². The van der Waals surface area contributed by atoms with Crippen LogP contribution in [-0.2, 0) is 0 Å². The number of nitrogens with one attached hydrogen (secondary N) is 1. The van der Waals surface area contributed by atoms with E-state index < -0.39 is 0 Å². The van der Waals surface area contributed by atoms with Crippen molar-refractivity contribution in [2.75, 3.05) is 7.11 Å². The number of thiol groups is 1. The summed E-state index contributed by atoms with van der Waals surface area (Å²) in [6.07, 6.45) is 6.15. The predicted octanol–water partition coefficient (Wildman–Crippen LogP) is 5.79. The van der Waals surface area contributed by atoms with E-state index in [1.807, 2.05) is 30.3 Å². The molecule has 2 aromatic carbocycles. The molecular formula is C21H28FNOS. The summed E-state index contributed by atoms with van der Waals surface area (Å²) >= 11 is 4.11. The van der Waals surface area contributed by atoms with E-state index >= 15 is 0 Å². The molecule has 1 N–H and O–H groups in total. The smallest absolute Gasteiger partial charge is 0.123 e. The van der Waals surface area contributed by atoms with Gasteiger partial charge in [-0.1, -0.05) is 31.9 Å². The van der Waals surface area contributed by atoms with Crippen LogP contribution in [-0.4, -0.2) is 13.2 Å². The quantitative estimate of drug-likeness (QED) is 0.657. The maximum atomic E-state index is 13.1. The number of hydrogen-bond acceptors (Lipinski definition) is 3. The molecule has 1 fully saturated rings. The van der Waals surface area contributed by atoms with E-state index in [0.717, 1.165) is 22.6 Å². The summed E-state index contributed by atoms with van der Waals surface area (Å²) in [5.41, 5.74) is 1.10. The lowest BCUT2D eigenvalue weighted by molar-refractivity contribution is 0.414. The Morgan fingerprint density at radius 1 is 1.16 bits per heavy atom. The highest BCUT2D eigenvalue weighted by Gasteiger charge is 2.24. The van der Waals surface area contributed by atoms with E-state index in [2.05, 4.69) is 24.9 Å². The lowest BCUT2D eigenvalue weighted by atomic mass is 10.0. The molecule has 1 saturated heterocycles. The largest absolute Gasteiger partial charge is 0.497 e. The monoisotopic (exact) mass is 361 g/mol. The van der Waals surface area contributed by atoms with Gasteiger partial charge in [0.2, 0.25) is 0 Å². The van der Waals surface area contributed by atoms with Crippen LogP contribution >= 0.6 is 12.6 Å². The van der Waals surface area contributed by atoms with Crippen molar-refractivity contribution in [3.05, 3.63) is 59.9 Å². The van der Waals surface area contributed by atoms with Crippen molar-refractivity contribution in [3.63, 3.8) is 0 Å². The lowest BCUT2D eigenvalue weighted by Crippen LogP contribution is -2.24. The van der Waals surface area contributed by atoms with Gasteiger partial charge in [0.05, 0.1) is 7.11 Å². The van der Waals surface area contributed by atoms with E-state index in [1.54, 1.807) is 19.2 Å². The Labute approximate surface area is 156 Å². The first kappa shape index (κ1) is 19.8. The maximum Gasteiger partial charge on any atom is 0.123 e. The van der Waals surface area contributed by atoms with Crippen LogP contribution in [0.1, 0.15) is 50.6 Å². The Hall–Kier alpha value is -1.52. The van der Waals surface area contributed by atoms with Crippen LogP contribution in [0.3, 0.4) is 0 Å². The zero-order valence-electron chi connectivity index (χ0n) is 15.0.